The van der Waals surface area contributed by atoms with Gasteiger partial charge in [0, 0.05) is 32.7 Å². The normalized spacial score (nSPS) is 21.9. The predicted octanol–water partition coefficient (Wildman–Crippen LogP) is 2.17. The van der Waals surface area contributed by atoms with Crippen molar-refractivity contribution in [2.75, 3.05) is 52.5 Å². The van der Waals surface area contributed by atoms with E-state index in [1.54, 1.807) is 0 Å². The van der Waals surface area contributed by atoms with Gasteiger partial charge >= 0.3 is 0 Å². The minimum Gasteiger partial charge on any atom is -0.378 e. The second-order valence-corrected chi connectivity index (χ2v) is 7.60. The minimum atomic E-state index is -0.318. The number of rotatable bonds is 6. The Morgan fingerprint density at radius 3 is 2.43 bits per heavy atom. The number of carbonyl (C=O) groups is 2. The van der Waals surface area contributed by atoms with E-state index in [1.807, 2.05) is 54.0 Å². The molecule has 0 aromatic heterocycles. The number of piperidine rings is 1. The molecule has 2 aliphatic heterocycles. The molecular formula is C22H33N3O3. The Hall–Kier alpha value is -1.92. The monoisotopic (exact) mass is 387 g/mol. The maximum Gasteiger partial charge on any atom is 0.244 e. The van der Waals surface area contributed by atoms with Crippen molar-refractivity contribution in [3.05, 3.63) is 35.9 Å². The molecule has 2 aliphatic rings. The summed E-state index contributed by atoms with van der Waals surface area (Å²) < 4.78 is 5.38. The highest BCUT2D eigenvalue weighted by Gasteiger charge is 2.37. The van der Waals surface area contributed by atoms with E-state index in [9.17, 15) is 9.59 Å². The van der Waals surface area contributed by atoms with Gasteiger partial charge in [0.2, 0.25) is 11.8 Å². The van der Waals surface area contributed by atoms with Crippen LogP contribution in [-0.2, 0) is 14.3 Å². The first-order chi connectivity index (χ1) is 13.7. The first-order valence-electron chi connectivity index (χ1n) is 10.6. The summed E-state index contributed by atoms with van der Waals surface area (Å²) in [6, 6.07) is 9.68. The number of benzene rings is 1. The molecule has 0 saturated carbocycles. The van der Waals surface area contributed by atoms with Crippen molar-refractivity contribution >= 4 is 11.8 Å². The van der Waals surface area contributed by atoms with Gasteiger partial charge in [-0.3, -0.25) is 14.5 Å². The molecule has 1 aromatic rings. The number of hydrogen-bond donors (Lipinski definition) is 0. The minimum absolute atomic E-state index is 0.0393. The topological polar surface area (TPSA) is 53.1 Å². The quantitative estimate of drug-likeness (QED) is 0.751. The Morgan fingerprint density at radius 1 is 1.11 bits per heavy atom. The van der Waals surface area contributed by atoms with Crippen LogP contribution in [-0.4, -0.2) is 79.0 Å². The Balaban J connectivity index is 1.79. The molecule has 0 aliphatic carbocycles. The van der Waals surface area contributed by atoms with Crippen molar-refractivity contribution < 1.29 is 14.3 Å². The van der Waals surface area contributed by atoms with Crippen molar-refractivity contribution in [3.63, 3.8) is 0 Å². The van der Waals surface area contributed by atoms with Crippen LogP contribution in [0.25, 0.3) is 0 Å². The average Bonchev–Trinajstić information content (AvgIpc) is 2.76. The van der Waals surface area contributed by atoms with Gasteiger partial charge in [0.25, 0.3) is 0 Å². The molecule has 6 nitrogen and oxygen atoms in total. The van der Waals surface area contributed by atoms with Crippen LogP contribution >= 0.6 is 0 Å². The molecule has 154 valence electrons. The predicted molar refractivity (Wildman–Crippen MR) is 109 cm³/mol. The summed E-state index contributed by atoms with van der Waals surface area (Å²) in [4.78, 5) is 32.4. The van der Waals surface area contributed by atoms with Crippen LogP contribution < -0.4 is 0 Å². The van der Waals surface area contributed by atoms with E-state index in [0.29, 0.717) is 45.9 Å². The maximum absolute atomic E-state index is 13.4. The number of likely N-dealkylation sites (N-methyl/N-ethyl adjacent to an activating group) is 1. The molecule has 1 aromatic carbocycles. The standard InChI is InChI=1S/C22H33N3O3/c1-3-23(4-2)22(27)20(18-9-6-5-7-10-18)25-12-8-11-19(17-25)21(26)24-13-15-28-16-14-24/h5-7,9-10,19-20H,3-4,8,11-17H2,1-2H3. The summed E-state index contributed by atoms with van der Waals surface area (Å²) in [5.41, 5.74) is 1.01. The first kappa shape index (κ1) is 20.8. The Kier molecular flexibility index (Phi) is 7.45. The molecule has 0 N–H and O–H groups in total. The van der Waals surface area contributed by atoms with Gasteiger partial charge in [-0.05, 0) is 38.8 Å². The lowest BCUT2D eigenvalue weighted by atomic mass is 9.93. The zero-order valence-electron chi connectivity index (χ0n) is 17.2. The van der Waals surface area contributed by atoms with Crippen LogP contribution in [0.5, 0.6) is 0 Å². The fourth-order valence-electron chi connectivity index (χ4n) is 4.34. The van der Waals surface area contributed by atoms with Gasteiger partial charge < -0.3 is 14.5 Å². The number of ether oxygens (including phenoxy) is 1. The first-order valence-corrected chi connectivity index (χ1v) is 10.6. The Labute approximate surface area is 168 Å². The fourth-order valence-corrected chi connectivity index (χ4v) is 4.34. The van der Waals surface area contributed by atoms with Gasteiger partial charge in [-0.2, -0.15) is 0 Å². The van der Waals surface area contributed by atoms with Gasteiger partial charge in [0.1, 0.15) is 6.04 Å². The van der Waals surface area contributed by atoms with Crippen molar-refractivity contribution in [1.29, 1.82) is 0 Å². The summed E-state index contributed by atoms with van der Waals surface area (Å²) in [6.07, 6.45) is 1.84. The molecule has 2 atom stereocenters. The van der Waals surface area contributed by atoms with Gasteiger partial charge in [-0.15, -0.1) is 0 Å². The largest absolute Gasteiger partial charge is 0.378 e. The van der Waals surface area contributed by atoms with Crippen molar-refractivity contribution in [2.24, 2.45) is 5.92 Å². The van der Waals surface area contributed by atoms with Crippen LogP contribution in [0, 0.1) is 5.92 Å². The molecule has 6 heteroatoms. The van der Waals surface area contributed by atoms with Crippen molar-refractivity contribution in [2.45, 2.75) is 32.7 Å². The maximum atomic E-state index is 13.4. The lowest BCUT2D eigenvalue weighted by molar-refractivity contribution is -0.145. The molecule has 2 amide bonds. The molecule has 2 fully saturated rings. The summed E-state index contributed by atoms with van der Waals surface area (Å²) in [5.74, 6) is 0.313. The molecular weight excluding hydrogens is 354 g/mol. The average molecular weight is 388 g/mol. The Morgan fingerprint density at radius 2 is 1.79 bits per heavy atom. The molecule has 2 unspecified atom stereocenters. The number of hydrogen-bond acceptors (Lipinski definition) is 4. The lowest BCUT2D eigenvalue weighted by Gasteiger charge is -2.40. The molecule has 0 bridgehead atoms. The highest BCUT2D eigenvalue weighted by molar-refractivity contribution is 5.84. The fraction of sp³-hybridized carbons (Fsp3) is 0.636. The smallest absolute Gasteiger partial charge is 0.244 e. The molecule has 0 radical (unpaired) electrons. The highest BCUT2D eigenvalue weighted by Crippen LogP contribution is 2.29. The highest BCUT2D eigenvalue weighted by atomic mass is 16.5. The molecule has 28 heavy (non-hydrogen) atoms. The summed E-state index contributed by atoms with van der Waals surface area (Å²) in [7, 11) is 0. The third kappa shape index (κ3) is 4.73. The van der Waals surface area contributed by atoms with Gasteiger partial charge in [-0.1, -0.05) is 30.3 Å². The van der Waals surface area contributed by atoms with Gasteiger partial charge in [-0.25, -0.2) is 0 Å². The summed E-state index contributed by atoms with van der Waals surface area (Å²) in [6.45, 7) is 9.51. The van der Waals surface area contributed by atoms with Crippen LogP contribution in [0.3, 0.4) is 0 Å². The van der Waals surface area contributed by atoms with E-state index in [1.165, 1.54) is 0 Å². The number of likely N-dealkylation sites (tertiary alicyclic amines) is 1. The Bertz CT molecular complexity index is 642. The van der Waals surface area contributed by atoms with E-state index in [-0.39, 0.29) is 23.8 Å². The third-order valence-electron chi connectivity index (χ3n) is 5.91. The summed E-state index contributed by atoms with van der Waals surface area (Å²) >= 11 is 0. The van der Waals surface area contributed by atoms with Crippen LogP contribution in [0.2, 0.25) is 0 Å². The molecule has 3 rings (SSSR count). The molecule has 2 saturated heterocycles. The SMILES string of the molecule is CCN(CC)C(=O)C(c1ccccc1)N1CCCC(C(=O)N2CCOCC2)C1. The van der Waals surface area contributed by atoms with E-state index in [0.717, 1.165) is 24.9 Å². The molecule has 0 spiro atoms. The van der Waals surface area contributed by atoms with Crippen LogP contribution in [0.1, 0.15) is 38.3 Å². The second-order valence-electron chi connectivity index (χ2n) is 7.60. The van der Waals surface area contributed by atoms with Crippen LogP contribution in [0.15, 0.2) is 30.3 Å². The van der Waals surface area contributed by atoms with E-state index < -0.39 is 0 Å². The number of carbonyl (C=O) groups excluding carboxylic acids is 2. The van der Waals surface area contributed by atoms with E-state index in [4.69, 9.17) is 4.74 Å². The van der Waals surface area contributed by atoms with E-state index in [2.05, 4.69) is 4.90 Å². The van der Waals surface area contributed by atoms with Crippen LogP contribution in [0.4, 0.5) is 0 Å². The van der Waals surface area contributed by atoms with Crippen molar-refractivity contribution in [3.8, 4) is 0 Å². The second kappa shape index (κ2) is 10.0. The van der Waals surface area contributed by atoms with Gasteiger partial charge in [0.15, 0.2) is 0 Å². The van der Waals surface area contributed by atoms with E-state index >= 15 is 0 Å². The number of morpholine rings is 1. The lowest BCUT2D eigenvalue weighted by Crippen LogP contribution is -2.51. The molecule has 2 heterocycles. The number of amides is 2. The third-order valence-corrected chi connectivity index (χ3v) is 5.91. The summed E-state index contributed by atoms with van der Waals surface area (Å²) in [5, 5.41) is 0. The zero-order chi connectivity index (χ0) is 19.9. The zero-order valence-corrected chi connectivity index (χ0v) is 17.2. The van der Waals surface area contributed by atoms with Crippen molar-refractivity contribution in [1.82, 2.24) is 14.7 Å². The number of nitrogens with zero attached hydrogens (tertiary/aromatic N) is 3. The van der Waals surface area contributed by atoms with Gasteiger partial charge in [0.05, 0.1) is 19.1 Å².